The zero-order valence-electron chi connectivity index (χ0n) is 12.8. The molecule has 110 valence electrons. The van der Waals surface area contributed by atoms with Gasteiger partial charge in [0, 0.05) is 19.0 Å². The van der Waals surface area contributed by atoms with E-state index in [2.05, 4.69) is 45.0 Å². The third-order valence-electron chi connectivity index (χ3n) is 4.04. The van der Waals surface area contributed by atoms with E-state index in [9.17, 15) is 4.79 Å². The summed E-state index contributed by atoms with van der Waals surface area (Å²) in [6.45, 7) is 7.22. The maximum absolute atomic E-state index is 12.3. The number of nitrogens with zero attached hydrogens (tertiary/aromatic N) is 1. The first-order valence-corrected chi connectivity index (χ1v) is 7.66. The normalized spacial score (nSPS) is 23.4. The van der Waals surface area contributed by atoms with Crippen molar-refractivity contribution in [2.75, 3.05) is 6.54 Å². The van der Waals surface area contributed by atoms with Crippen molar-refractivity contribution >= 4 is 5.91 Å². The van der Waals surface area contributed by atoms with Gasteiger partial charge in [-0.2, -0.15) is 0 Å². The fourth-order valence-corrected chi connectivity index (χ4v) is 2.96. The highest BCUT2D eigenvalue weighted by Crippen LogP contribution is 2.31. The molecule has 1 aromatic carbocycles. The van der Waals surface area contributed by atoms with Crippen LogP contribution in [-0.2, 0) is 11.2 Å². The molecule has 2 rings (SSSR count). The van der Waals surface area contributed by atoms with Crippen molar-refractivity contribution in [1.29, 1.82) is 0 Å². The molecule has 3 nitrogen and oxygen atoms in total. The van der Waals surface area contributed by atoms with Gasteiger partial charge in [0.25, 0.3) is 0 Å². The number of piperidine rings is 1. The van der Waals surface area contributed by atoms with Gasteiger partial charge in [0.05, 0.1) is 6.04 Å². The van der Waals surface area contributed by atoms with E-state index in [0.29, 0.717) is 12.3 Å². The Hall–Kier alpha value is -1.35. The lowest BCUT2D eigenvalue weighted by Gasteiger charge is -2.41. The van der Waals surface area contributed by atoms with Crippen LogP contribution in [0.3, 0.4) is 0 Å². The van der Waals surface area contributed by atoms with E-state index < -0.39 is 0 Å². The first-order valence-electron chi connectivity index (χ1n) is 7.66. The number of aryl methyl sites for hydroxylation is 1. The Balaban J connectivity index is 2.28. The van der Waals surface area contributed by atoms with Gasteiger partial charge in [0.1, 0.15) is 0 Å². The molecule has 1 aliphatic heterocycles. The Labute approximate surface area is 122 Å². The number of benzene rings is 1. The molecule has 0 aromatic heterocycles. The van der Waals surface area contributed by atoms with Gasteiger partial charge in [-0.1, -0.05) is 45.0 Å². The maximum Gasteiger partial charge on any atom is 0.223 e. The van der Waals surface area contributed by atoms with Crippen LogP contribution >= 0.6 is 0 Å². The lowest BCUT2D eigenvalue weighted by molar-refractivity contribution is -0.138. The van der Waals surface area contributed by atoms with Crippen molar-refractivity contribution < 1.29 is 4.79 Å². The van der Waals surface area contributed by atoms with Crippen molar-refractivity contribution in [3.8, 4) is 0 Å². The predicted molar refractivity (Wildman–Crippen MR) is 82.3 cm³/mol. The summed E-state index contributed by atoms with van der Waals surface area (Å²) >= 11 is 0. The Kier molecular flexibility index (Phi) is 4.81. The Morgan fingerprint density at radius 1 is 1.30 bits per heavy atom. The molecule has 0 radical (unpaired) electrons. The number of amides is 1. The van der Waals surface area contributed by atoms with Gasteiger partial charge < -0.3 is 10.6 Å². The number of nitrogens with two attached hydrogens (primary N) is 1. The van der Waals surface area contributed by atoms with Crippen LogP contribution in [0, 0.1) is 5.92 Å². The second-order valence-corrected chi connectivity index (χ2v) is 6.18. The second kappa shape index (κ2) is 6.40. The molecule has 2 N–H and O–H groups in total. The van der Waals surface area contributed by atoms with Crippen LogP contribution in [-0.4, -0.2) is 23.4 Å². The highest BCUT2D eigenvalue weighted by Gasteiger charge is 2.34. The summed E-state index contributed by atoms with van der Waals surface area (Å²) in [7, 11) is 0. The van der Waals surface area contributed by atoms with Gasteiger partial charge in [-0.25, -0.2) is 0 Å². The summed E-state index contributed by atoms with van der Waals surface area (Å²) in [6.07, 6.45) is 2.40. The zero-order chi connectivity index (χ0) is 14.7. The van der Waals surface area contributed by atoms with Crippen LogP contribution in [0.1, 0.15) is 50.8 Å². The van der Waals surface area contributed by atoms with Gasteiger partial charge in [0.2, 0.25) is 5.91 Å². The van der Waals surface area contributed by atoms with E-state index in [1.807, 2.05) is 4.90 Å². The van der Waals surface area contributed by atoms with Gasteiger partial charge in [0.15, 0.2) is 0 Å². The minimum absolute atomic E-state index is 0.0320. The summed E-state index contributed by atoms with van der Waals surface area (Å²) in [4.78, 5) is 14.2. The van der Waals surface area contributed by atoms with Gasteiger partial charge in [-0.05, 0) is 29.9 Å². The lowest BCUT2D eigenvalue weighted by atomic mass is 9.89. The Morgan fingerprint density at radius 2 is 1.95 bits per heavy atom. The number of hydrogen-bond acceptors (Lipinski definition) is 2. The number of carbonyl (C=O) groups is 1. The number of rotatable bonds is 4. The molecule has 0 bridgehead atoms. The molecule has 2 atom stereocenters. The highest BCUT2D eigenvalue weighted by molar-refractivity contribution is 5.78. The summed E-state index contributed by atoms with van der Waals surface area (Å²) in [6, 6.07) is 8.64. The van der Waals surface area contributed by atoms with Crippen LogP contribution in [0.2, 0.25) is 0 Å². The van der Waals surface area contributed by atoms with Crippen molar-refractivity contribution in [1.82, 2.24) is 4.90 Å². The third kappa shape index (κ3) is 3.21. The molecule has 1 heterocycles. The number of hydrogen-bond donors (Lipinski definition) is 1. The summed E-state index contributed by atoms with van der Waals surface area (Å²) in [5.41, 5.74) is 8.81. The standard InChI is InChI=1S/C17H26N2O/c1-4-13-5-7-14(8-6-13)17-15(18)9-10-16(20)19(17)11-12(2)3/h5-8,12,15,17H,4,9-11,18H2,1-3H3. The van der Waals surface area contributed by atoms with E-state index in [4.69, 9.17) is 5.73 Å². The third-order valence-corrected chi connectivity index (χ3v) is 4.04. The van der Waals surface area contributed by atoms with Crippen molar-refractivity contribution in [3.05, 3.63) is 35.4 Å². The van der Waals surface area contributed by atoms with Gasteiger partial charge in [-0.3, -0.25) is 4.79 Å². The largest absolute Gasteiger partial charge is 0.334 e. The molecule has 1 fully saturated rings. The summed E-state index contributed by atoms with van der Waals surface area (Å²) < 4.78 is 0. The molecule has 0 aliphatic carbocycles. The van der Waals surface area contributed by atoms with E-state index in [1.54, 1.807) is 0 Å². The second-order valence-electron chi connectivity index (χ2n) is 6.18. The molecule has 3 heteroatoms. The highest BCUT2D eigenvalue weighted by atomic mass is 16.2. The smallest absolute Gasteiger partial charge is 0.223 e. The average molecular weight is 274 g/mol. The fourth-order valence-electron chi connectivity index (χ4n) is 2.96. The summed E-state index contributed by atoms with van der Waals surface area (Å²) in [5, 5.41) is 0. The van der Waals surface area contributed by atoms with Crippen LogP contribution in [0.15, 0.2) is 24.3 Å². The average Bonchev–Trinajstić information content (AvgIpc) is 2.43. The zero-order valence-corrected chi connectivity index (χ0v) is 12.8. The summed E-state index contributed by atoms with van der Waals surface area (Å²) in [5.74, 6) is 0.701. The first-order chi connectivity index (χ1) is 9.52. The van der Waals surface area contributed by atoms with E-state index in [-0.39, 0.29) is 18.0 Å². The Morgan fingerprint density at radius 3 is 2.50 bits per heavy atom. The van der Waals surface area contributed by atoms with Crippen LogP contribution in [0.25, 0.3) is 0 Å². The molecule has 0 saturated carbocycles. The molecule has 1 aliphatic rings. The minimum Gasteiger partial charge on any atom is -0.334 e. The van der Waals surface area contributed by atoms with Crippen LogP contribution in [0.5, 0.6) is 0 Å². The topological polar surface area (TPSA) is 46.3 Å². The van der Waals surface area contributed by atoms with E-state index >= 15 is 0 Å². The lowest BCUT2D eigenvalue weighted by Crippen LogP contribution is -2.49. The van der Waals surface area contributed by atoms with Crippen LogP contribution < -0.4 is 5.73 Å². The molecule has 2 unspecified atom stereocenters. The maximum atomic E-state index is 12.3. The quantitative estimate of drug-likeness (QED) is 0.917. The van der Waals surface area contributed by atoms with E-state index in [1.165, 1.54) is 11.1 Å². The molecule has 1 amide bonds. The predicted octanol–water partition coefficient (Wildman–Crippen LogP) is 2.90. The van der Waals surface area contributed by atoms with Crippen molar-refractivity contribution in [3.63, 3.8) is 0 Å². The number of likely N-dealkylation sites (tertiary alicyclic amines) is 1. The molecule has 0 spiro atoms. The number of carbonyl (C=O) groups excluding carboxylic acids is 1. The first kappa shape index (κ1) is 15.0. The molecule has 1 saturated heterocycles. The van der Waals surface area contributed by atoms with Crippen molar-refractivity contribution in [2.45, 2.75) is 52.1 Å². The monoisotopic (exact) mass is 274 g/mol. The van der Waals surface area contributed by atoms with Gasteiger partial charge >= 0.3 is 0 Å². The molecular formula is C17H26N2O. The molecule has 1 aromatic rings. The molecule has 20 heavy (non-hydrogen) atoms. The Bertz CT molecular complexity index is 453. The fraction of sp³-hybridized carbons (Fsp3) is 0.588. The molecular weight excluding hydrogens is 248 g/mol. The van der Waals surface area contributed by atoms with Crippen LogP contribution in [0.4, 0.5) is 0 Å². The SMILES string of the molecule is CCc1ccc(C2C(N)CCC(=O)N2CC(C)C)cc1. The van der Waals surface area contributed by atoms with E-state index in [0.717, 1.165) is 19.4 Å². The van der Waals surface area contributed by atoms with Gasteiger partial charge in [-0.15, -0.1) is 0 Å². The van der Waals surface area contributed by atoms with Crippen molar-refractivity contribution in [2.24, 2.45) is 11.7 Å². The minimum atomic E-state index is 0.0320.